The molecule has 0 radical (unpaired) electrons. The summed E-state index contributed by atoms with van der Waals surface area (Å²) in [5.74, 6) is 0. The molecule has 12 heteroatoms. The Labute approximate surface area is 164 Å². The van der Waals surface area contributed by atoms with Crippen LogP contribution >= 0.6 is 0 Å². The molecule has 9 N–H and O–H groups in total. The van der Waals surface area contributed by atoms with Crippen molar-refractivity contribution in [2.24, 2.45) is 5.73 Å². The molecule has 0 aromatic rings. The zero-order valence-electron chi connectivity index (χ0n) is 16.0. The van der Waals surface area contributed by atoms with Crippen LogP contribution in [0.25, 0.3) is 0 Å². The van der Waals surface area contributed by atoms with Crippen LogP contribution in [0.3, 0.4) is 0 Å². The van der Waals surface area contributed by atoms with E-state index in [1.807, 2.05) is 0 Å². The van der Waals surface area contributed by atoms with Gasteiger partial charge in [-0.05, 0) is 0 Å². The van der Waals surface area contributed by atoms with Gasteiger partial charge in [0, 0.05) is 20.1 Å². The van der Waals surface area contributed by atoms with E-state index in [-0.39, 0.29) is 32.5 Å². The first-order valence-corrected chi connectivity index (χ1v) is 8.99. The average Bonchev–Trinajstić information content (AvgIpc) is 2.71. The van der Waals surface area contributed by atoms with Crippen LogP contribution in [0.1, 0.15) is 6.42 Å². The molecule has 170 valence electrons. The second-order valence-corrected chi connectivity index (χ2v) is 6.03. The first-order valence-electron chi connectivity index (χ1n) is 8.99. The zero-order valence-corrected chi connectivity index (χ0v) is 16.0. The van der Waals surface area contributed by atoms with Crippen molar-refractivity contribution < 1.29 is 54.7 Å². The molecule has 0 bridgehead atoms. The lowest BCUT2D eigenvalue weighted by Crippen LogP contribution is -2.53. The zero-order chi connectivity index (χ0) is 21.5. The molecule has 0 spiro atoms. The molecule has 2 fully saturated rings. The van der Waals surface area contributed by atoms with Gasteiger partial charge in [-0.2, -0.15) is 0 Å². The number of hydrogen-bond donors (Lipinski definition) is 8. The van der Waals surface area contributed by atoms with Crippen molar-refractivity contribution in [3.8, 4) is 0 Å². The predicted octanol–water partition coefficient (Wildman–Crippen LogP) is -4.48. The lowest BCUT2D eigenvalue weighted by molar-refractivity contribution is -0.271. The number of aliphatic hydroxyl groups excluding tert-OH is 7. The van der Waals surface area contributed by atoms with Gasteiger partial charge in [-0.1, -0.05) is 0 Å². The number of aliphatic hydroxyl groups is 7. The molecular weight excluding hydrogens is 382 g/mol. The van der Waals surface area contributed by atoms with Crippen molar-refractivity contribution in [3.63, 3.8) is 0 Å². The molecule has 5 unspecified atom stereocenters. The van der Waals surface area contributed by atoms with E-state index in [1.54, 1.807) is 0 Å². The van der Waals surface area contributed by atoms with E-state index >= 15 is 0 Å². The van der Waals surface area contributed by atoms with Gasteiger partial charge in [-0.25, -0.2) is 0 Å². The van der Waals surface area contributed by atoms with Crippen LogP contribution in [-0.4, -0.2) is 132 Å². The third-order valence-electron chi connectivity index (χ3n) is 3.88. The fourth-order valence-corrected chi connectivity index (χ4v) is 2.30. The lowest BCUT2D eigenvalue weighted by Gasteiger charge is -2.34. The van der Waals surface area contributed by atoms with Crippen molar-refractivity contribution in [2.45, 2.75) is 49.3 Å². The Kier molecular flexibility index (Phi) is 16.1. The molecule has 2 rings (SSSR count). The molecule has 2 heterocycles. The molecule has 0 aromatic carbocycles. The van der Waals surface area contributed by atoms with E-state index in [2.05, 4.69) is 0 Å². The second kappa shape index (κ2) is 16.3. The number of nitrogens with two attached hydrogens (primary N) is 1. The van der Waals surface area contributed by atoms with E-state index < -0.39 is 36.8 Å². The van der Waals surface area contributed by atoms with Gasteiger partial charge in [-0.3, -0.25) is 0 Å². The largest absolute Gasteiger partial charge is 0.400 e. The Bertz CT molecular complexity index is 365. The van der Waals surface area contributed by atoms with E-state index in [4.69, 9.17) is 45.1 Å². The van der Waals surface area contributed by atoms with Crippen molar-refractivity contribution >= 4 is 0 Å². The summed E-state index contributed by atoms with van der Waals surface area (Å²) < 4.78 is 20.2. The third-order valence-corrected chi connectivity index (χ3v) is 3.88. The highest BCUT2D eigenvalue weighted by Gasteiger charge is 2.38. The van der Waals surface area contributed by atoms with E-state index in [0.29, 0.717) is 26.2 Å². The SMILES string of the molecule is CO.NCCOCCO[C@H]1OC[C@@H](O)C(O)C1O.OCC1CC(O)C(O)CO1. The van der Waals surface area contributed by atoms with Crippen LogP contribution in [0.15, 0.2) is 0 Å². The van der Waals surface area contributed by atoms with Gasteiger partial charge in [0.05, 0.1) is 51.8 Å². The molecule has 0 saturated carbocycles. The van der Waals surface area contributed by atoms with Crippen LogP contribution in [-0.2, 0) is 18.9 Å². The molecule has 0 amide bonds. The maximum atomic E-state index is 9.49. The van der Waals surface area contributed by atoms with Crippen LogP contribution < -0.4 is 5.73 Å². The quantitative estimate of drug-likeness (QED) is 0.185. The molecule has 2 saturated heterocycles. The van der Waals surface area contributed by atoms with Gasteiger partial charge in [-0.15, -0.1) is 0 Å². The summed E-state index contributed by atoms with van der Waals surface area (Å²) in [5, 5.41) is 61.6. The topological polar surface area (TPSA) is 205 Å². The molecule has 2 aliphatic heterocycles. The molecule has 28 heavy (non-hydrogen) atoms. The minimum absolute atomic E-state index is 0.0629. The molecular formula is C16H35NO11. The van der Waals surface area contributed by atoms with Gasteiger partial charge in [0.2, 0.25) is 0 Å². The van der Waals surface area contributed by atoms with Gasteiger partial charge in [0.15, 0.2) is 6.29 Å². The Morgan fingerprint density at radius 3 is 2.07 bits per heavy atom. The Balaban J connectivity index is 0.000000520. The monoisotopic (exact) mass is 417 g/mol. The molecule has 7 atom stereocenters. The Hall–Kier alpha value is -0.480. The Morgan fingerprint density at radius 2 is 1.50 bits per heavy atom. The summed E-state index contributed by atoms with van der Waals surface area (Å²) in [4.78, 5) is 0. The average molecular weight is 417 g/mol. The number of hydrogen-bond acceptors (Lipinski definition) is 12. The first kappa shape index (κ1) is 27.5. The Morgan fingerprint density at radius 1 is 0.857 bits per heavy atom. The molecule has 0 aliphatic carbocycles. The second-order valence-electron chi connectivity index (χ2n) is 6.03. The van der Waals surface area contributed by atoms with E-state index in [9.17, 15) is 15.3 Å². The van der Waals surface area contributed by atoms with Crippen LogP contribution in [0.2, 0.25) is 0 Å². The number of rotatable bonds is 7. The van der Waals surface area contributed by atoms with Crippen LogP contribution in [0.5, 0.6) is 0 Å². The van der Waals surface area contributed by atoms with Crippen molar-refractivity contribution in [1.82, 2.24) is 0 Å². The maximum absolute atomic E-state index is 9.49. The third kappa shape index (κ3) is 10.3. The lowest BCUT2D eigenvalue weighted by atomic mass is 10.0. The molecule has 12 nitrogen and oxygen atoms in total. The summed E-state index contributed by atoms with van der Waals surface area (Å²) in [6.45, 7) is 1.40. The summed E-state index contributed by atoms with van der Waals surface area (Å²) in [6, 6.07) is 0. The highest BCUT2D eigenvalue weighted by atomic mass is 16.7. The van der Waals surface area contributed by atoms with Crippen molar-refractivity contribution in [3.05, 3.63) is 0 Å². The normalized spacial score (nSPS) is 35.2. The highest BCUT2D eigenvalue weighted by Crippen LogP contribution is 2.16. The first-order chi connectivity index (χ1) is 13.4. The summed E-state index contributed by atoms with van der Waals surface area (Å²) in [5.41, 5.74) is 5.22. The summed E-state index contributed by atoms with van der Waals surface area (Å²) >= 11 is 0. The summed E-state index contributed by atoms with van der Waals surface area (Å²) in [6.07, 6.45) is -6.03. The highest BCUT2D eigenvalue weighted by molar-refractivity contribution is 4.82. The van der Waals surface area contributed by atoms with E-state index in [1.165, 1.54) is 0 Å². The van der Waals surface area contributed by atoms with Crippen LogP contribution in [0, 0.1) is 0 Å². The fraction of sp³-hybridized carbons (Fsp3) is 1.00. The predicted molar refractivity (Wildman–Crippen MR) is 95.2 cm³/mol. The van der Waals surface area contributed by atoms with Crippen molar-refractivity contribution in [2.75, 3.05) is 53.3 Å². The van der Waals surface area contributed by atoms with Gasteiger partial charge in [0.1, 0.15) is 24.4 Å². The van der Waals surface area contributed by atoms with Crippen molar-refractivity contribution in [1.29, 1.82) is 0 Å². The smallest absolute Gasteiger partial charge is 0.186 e. The van der Waals surface area contributed by atoms with Gasteiger partial charge < -0.3 is 60.4 Å². The van der Waals surface area contributed by atoms with Crippen LogP contribution in [0.4, 0.5) is 0 Å². The summed E-state index contributed by atoms with van der Waals surface area (Å²) in [7, 11) is 1.00. The maximum Gasteiger partial charge on any atom is 0.186 e. The molecule has 2 aliphatic rings. The van der Waals surface area contributed by atoms with E-state index in [0.717, 1.165) is 7.11 Å². The van der Waals surface area contributed by atoms with Gasteiger partial charge in [0.25, 0.3) is 0 Å². The minimum atomic E-state index is -1.25. The van der Waals surface area contributed by atoms with Gasteiger partial charge >= 0.3 is 0 Å². The fourth-order valence-electron chi connectivity index (χ4n) is 2.30. The standard InChI is InChI=1S/C9H19NO6.C6H12O4.CH4O/c10-1-2-14-3-4-15-9-8(13)7(12)6(11)5-16-9;7-2-4-1-5(8)6(9)3-10-4;1-2/h6-9,11-13H,1-5,10H2;4-9H,1-3H2;2H,1H3/t6-,7?,8?,9+;;/m1../s1. The minimum Gasteiger partial charge on any atom is -0.400 e. The molecule has 0 aromatic heterocycles. The number of ether oxygens (including phenoxy) is 4.